The molecular formula is C17H20N2O2. The van der Waals surface area contributed by atoms with Crippen molar-refractivity contribution in [2.45, 2.75) is 25.8 Å². The summed E-state index contributed by atoms with van der Waals surface area (Å²) in [5, 5.41) is 13.7. The van der Waals surface area contributed by atoms with Crippen LogP contribution in [0.15, 0.2) is 36.5 Å². The van der Waals surface area contributed by atoms with Crippen LogP contribution in [0.5, 0.6) is 0 Å². The molecule has 1 aromatic heterocycles. The lowest BCUT2D eigenvalue weighted by Crippen LogP contribution is -2.28. The molecule has 1 heterocycles. The zero-order valence-electron chi connectivity index (χ0n) is 12.0. The van der Waals surface area contributed by atoms with Gasteiger partial charge in [-0.1, -0.05) is 18.6 Å². The van der Waals surface area contributed by atoms with Crippen LogP contribution >= 0.6 is 0 Å². The highest BCUT2D eigenvalue weighted by Gasteiger charge is 2.32. The minimum Gasteiger partial charge on any atom is -0.481 e. The first kappa shape index (κ1) is 14.0. The van der Waals surface area contributed by atoms with E-state index >= 15 is 0 Å². The van der Waals surface area contributed by atoms with Gasteiger partial charge in [0.15, 0.2) is 0 Å². The highest BCUT2D eigenvalue weighted by molar-refractivity contribution is 5.78. The van der Waals surface area contributed by atoms with E-state index in [9.17, 15) is 9.90 Å². The Hall–Kier alpha value is -1.94. The minimum atomic E-state index is -0.643. The molecule has 0 aliphatic heterocycles. The molecule has 0 spiro atoms. The molecule has 0 saturated heterocycles. The number of nitrogens with zero attached hydrogens (tertiary/aromatic N) is 1. The smallest absolute Gasteiger partial charge is 0.306 e. The predicted molar refractivity (Wildman–Crippen MR) is 81.9 cm³/mol. The van der Waals surface area contributed by atoms with E-state index in [0.717, 1.165) is 43.3 Å². The minimum absolute atomic E-state index is 0.168. The fourth-order valence-corrected chi connectivity index (χ4v) is 3.24. The maximum Gasteiger partial charge on any atom is 0.306 e. The highest BCUT2D eigenvalue weighted by Crippen LogP contribution is 2.31. The van der Waals surface area contributed by atoms with Crippen LogP contribution in [0.3, 0.4) is 0 Å². The summed E-state index contributed by atoms with van der Waals surface area (Å²) in [5.41, 5.74) is 2.21. The highest BCUT2D eigenvalue weighted by atomic mass is 16.4. The Morgan fingerprint density at radius 2 is 2.24 bits per heavy atom. The van der Waals surface area contributed by atoms with Crippen molar-refractivity contribution in [1.29, 1.82) is 0 Å². The Balaban J connectivity index is 1.58. The third-order valence-electron chi connectivity index (χ3n) is 4.38. The van der Waals surface area contributed by atoms with Crippen LogP contribution in [0.25, 0.3) is 10.9 Å². The summed E-state index contributed by atoms with van der Waals surface area (Å²) in [7, 11) is 0. The second-order valence-corrected chi connectivity index (χ2v) is 5.80. The fraction of sp³-hybridized carbons (Fsp3) is 0.412. The van der Waals surface area contributed by atoms with E-state index < -0.39 is 5.97 Å². The molecule has 1 fully saturated rings. The van der Waals surface area contributed by atoms with E-state index in [1.165, 1.54) is 5.56 Å². The van der Waals surface area contributed by atoms with Crippen LogP contribution in [-0.2, 0) is 11.3 Å². The summed E-state index contributed by atoms with van der Waals surface area (Å²) in [5.74, 6) is -0.543. The van der Waals surface area contributed by atoms with Crippen LogP contribution in [0.2, 0.25) is 0 Å². The van der Waals surface area contributed by atoms with Gasteiger partial charge in [0.05, 0.1) is 11.4 Å². The SMILES string of the molecule is O=C(O)C1CCCC1CNCc1ccc2ncccc2c1. The lowest BCUT2D eigenvalue weighted by atomic mass is 9.96. The lowest BCUT2D eigenvalue weighted by Gasteiger charge is -2.16. The van der Waals surface area contributed by atoms with E-state index in [0.29, 0.717) is 0 Å². The standard InChI is InChI=1S/C17H20N2O2/c20-17(21)15-5-1-3-14(15)11-18-10-12-6-7-16-13(9-12)4-2-8-19-16/h2,4,6-9,14-15,18H,1,3,5,10-11H2,(H,20,21). The molecule has 0 radical (unpaired) electrons. The van der Waals surface area contributed by atoms with Crippen molar-refractivity contribution in [3.05, 3.63) is 42.1 Å². The van der Waals surface area contributed by atoms with Crippen molar-refractivity contribution in [2.24, 2.45) is 11.8 Å². The number of benzene rings is 1. The number of fused-ring (bicyclic) bond motifs is 1. The van der Waals surface area contributed by atoms with Crippen LogP contribution < -0.4 is 5.32 Å². The summed E-state index contributed by atoms with van der Waals surface area (Å²) in [6.45, 7) is 1.55. The normalized spacial score (nSPS) is 21.7. The molecule has 1 aliphatic carbocycles. The topological polar surface area (TPSA) is 62.2 Å². The largest absolute Gasteiger partial charge is 0.481 e. The molecule has 110 valence electrons. The predicted octanol–water partition coefficient (Wildman–Crippen LogP) is 2.83. The molecule has 4 heteroatoms. The molecule has 1 saturated carbocycles. The van der Waals surface area contributed by atoms with Gasteiger partial charge in [0, 0.05) is 18.1 Å². The summed E-state index contributed by atoms with van der Waals surface area (Å²) >= 11 is 0. The van der Waals surface area contributed by atoms with E-state index in [4.69, 9.17) is 0 Å². The zero-order valence-corrected chi connectivity index (χ0v) is 12.0. The molecule has 21 heavy (non-hydrogen) atoms. The number of carboxylic acid groups (broad SMARTS) is 1. The molecule has 3 rings (SSSR count). The van der Waals surface area contributed by atoms with E-state index in [1.54, 1.807) is 6.20 Å². The number of hydrogen-bond acceptors (Lipinski definition) is 3. The number of pyridine rings is 1. The van der Waals surface area contributed by atoms with Gasteiger partial charge in [0.1, 0.15) is 0 Å². The van der Waals surface area contributed by atoms with Gasteiger partial charge in [-0.15, -0.1) is 0 Å². The Morgan fingerprint density at radius 1 is 1.33 bits per heavy atom. The molecule has 1 aliphatic rings. The summed E-state index contributed by atoms with van der Waals surface area (Å²) < 4.78 is 0. The Labute approximate surface area is 124 Å². The first-order valence-electron chi connectivity index (χ1n) is 7.51. The van der Waals surface area contributed by atoms with E-state index in [2.05, 4.69) is 28.5 Å². The number of aromatic nitrogens is 1. The van der Waals surface area contributed by atoms with E-state index in [1.807, 2.05) is 12.1 Å². The van der Waals surface area contributed by atoms with Crippen molar-refractivity contribution in [2.75, 3.05) is 6.54 Å². The number of nitrogens with one attached hydrogen (secondary N) is 1. The number of carbonyl (C=O) groups is 1. The van der Waals surface area contributed by atoms with Crippen LogP contribution in [0, 0.1) is 11.8 Å². The van der Waals surface area contributed by atoms with Crippen molar-refractivity contribution < 1.29 is 9.90 Å². The van der Waals surface area contributed by atoms with Gasteiger partial charge in [-0.3, -0.25) is 9.78 Å². The van der Waals surface area contributed by atoms with Crippen molar-refractivity contribution in [1.82, 2.24) is 10.3 Å². The summed E-state index contributed by atoms with van der Waals surface area (Å²) in [6.07, 6.45) is 4.67. The Bertz CT molecular complexity index is 641. The van der Waals surface area contributed by atoms with Gasteiger partial charge in [-0.2, -0.15) is 0 Å². The maximum atomic E-state index is 11.2. The van der Waals surface area contributed by atoms with Crippen molar-refractivity contribution >= 4 is 16.9 Å². The second-order valence-electron chi connectivity index (χ2n) is 5.80. The monoisotopic (exact) mass is 284 g/mol. The van der Waals surface area contributed by atoms with E-state index in [-0.39, 0.29) is 11.8 Å². The first-order chi connectivity index (χ1) is 10.2. The third-order valence-corrected chi connectivity index (χ3v) is 4.38. The lowest BCUT2D eigenvalue weighted by molar-refractivity contribution is -0.142. The number of carboxylic acids is 1. The molecule has 2 unspecified atom stereocenters. The van der Waals surface area contributed by atoms with Gasteiger partial charge in [0.25, 0.3) is 0 Å². The van der Waals surface area contributed by atoms with Gasteiger partial charge in [0.2, 0.25) is 0 Å². The third kappa shape index (κ3) is 3.22. The molecule has 1 aromatic carbocycles. The van der Waals surface area contributed by atoms with Gasteiger partial charge < -0.3 is 10.4 Å². The van der Waals surface area contributed by atoms with Crippen LogP contribution in [-0.4, -0.2) is 22.6 Å². The first-order valence-corrected chi connectivity index (χ1v) is 7.51. The summed E-state index contributed by atoms with van der Waals surface area (Å²) in [6, 6.07) is 10.2. The maximum absolute atomic E-state index is 11.2. The van der Waals surface area contributed by atoms with Gasteiger partial charge in [-0.05, 0) is 49.1 Å². The quantitative estimate of drug-likeness (QED) is 0.886. The summed E-state index contributed by atoms with van der Waals surface area (Å²) in [4.78, 5) is 15.5. The molecule has 0 amide bonds. The fourth-order valence-electron chi connectivity index (χ4n) is 3.24. The average molecular weight is 284 g/mol. The molecule has 2 atom stereocenters. The molecule has 4 nitrogen and oxygen atoms in total. The molecular weight excluding hydrogens is 264 g/mol. The second kappa shape index (κ2) is 6.22. The van der Waals surface area contributed by atoms with Gasteiger partial charge >= 0.3 is 5.97 Å². The Kier molecular flexibility index (Phi) is 4.15. The number of aliphatic carboxylic acids is 1. The van der Waals surface area contributed by atoms with Crippen LogP contribution in [0.4, 0.5) is 0 Å². The average Bonchev–Trinajstić information content (AvgIpc) is 2.96. The zero-order chi connectivity index (χ0) is 14.7. The van der Waals surface area contributed by atoms with Crippen molar-refractivity contribution in [3.63, 3.8) is 0 Å². The van der Waals surface area contributed by atoms with Gasteiger partial charge in [-0.25, -0.2) is 0 Å². The van der Waals surface area contributed by atoms with Crippen LogP contribution in [0.1, 0.15) is 24.8 Å². The number of rotatable bonds is 5. The molecule has 2 aromatic rings. The molecule has 2 N–H and O–H groups in total. The molecule has 0 bridgehead atoms. The Morgan fingerprint density at radius 3 is 3.10 bits per heavy atom. The van der Waals surface area contributed by atoms with Crippen molar-refractivity contribution in [3.8, 4) is 0 Å². The number of hydrogen-bond donors (Lipinski definition) is 2.